The Morgan fingerprint density at radius 2 is 2.04 bits per heavy atom. The van der Waals surface area contributed by atoms with Crippen LogP contribution in [-0.2, 0) is 6.54 Å². The number of hydrogen-bond donors (Lipinski definition) is 2. The second kappa shape index (κ2) is 7.61. The van der Waals surface area contributed by atoms with Crippen LogP contribution in [0.25, 0.3) is 11.0 Å². The third-order valence-corrected chi connectivity index (χ3v) is 3.78. The Hall–Kier alpha value is -3.15. The van der Waals surface area contributed by atoms with Gasteiger partial charge in [-0.1, -0.05) is 36.4 Å². The van der Waals surface area contributed by atoms with Gasteiger partial charge in [0.25, 0.3) is 0 Å². The van der Waals surface area contributed by atoms with Crippen LogP contribution in [0, 0.1) is 0 Å². The summed E-state index contributed by atoms with van der Waals surface area (Å²) in [6.45, 7) is 5.25. The molecular formula is C19H22N6. The van der Waals surface area contributed by atoms with E-state index >= 15 is 0 Å². The first-order chi connectivity index (χ1) is 12.2. The molecule has 25 heavy (non-hydrogen) atoms. The number of benzene rings is 1. The van der Waals surface area contributed by atoms with Crippen molar-refractivity contribution in [2.45, 2.75) is 20.4 Å². The van der Waals surface area contributed by atoms with E-state index in [2.05, 4.69) is 37.0 Å². The fourth-order valence-corrected chi connectivity index (χ4v) is 2.62. The van der Waals surface area contributed by atoms with Gasteiger partial charge in [-0.2, -0.15) is 4.98 Å². The first kappa shape index (κ1) is 16.7. The molecule has 2 aromatic heterocycles. The second-order valence-corrected chi connectivity index (χ2v) is 5.79. The summed E-state index contributed by atoms with van der Waals surface area (Å²) in [7, 11) is 0. The number of allylic oxidation sites excluding steroid dienone is 1. The van der Waals surface area contributed by atoms with E-state index < -0.39 is 0 Å². The molecule has 1 aromatic carbocycles. The lowest BCUT2D eigenvalue weighted by Gasteiger charge is -2.11. The van der Waals surface area contributed by atoms with E-state index in [1.807, 2.05) is 50.4 Å². The second-order valence-electron chi connectivity index (χ2n) is 5.79. The number of nitrogens with two attached hydrogens (primary N) is 1. The van der Waals surface area contributed by atoms with Gasteiger partial charge in [0.15, 0.2) is 5.82 Å². The average Bonchev–Trinajstić information content (AvgIpc) is 3.01. The van der Waals surface area contributed by atoms with Crippen molar-refractivity contribution < 1.29 is 0 Å². The molecule has 0 saturated heterocycles. The Balaban J connectivity index is 1.92. The number of fused-ring (bicyclic) bond motifs is 1. The molecular weight excluding hydrogens is 312 g/mol. The highest BCUT2D eigenvalue weighted by molar-refractivity contribution is 5.91. The molecule has 6 nitrogen and oxygen atoms in total. The van der Waals surface area contributed by atoms with Gasteiger partial charge in [0.05, 0.1) is 12.1 Å². The molecule has 128 valence electrons. The molecule has 0 bridgehead atoms. The maximum absolute atomic E-state index is 5.86. The highest BCUT2D eigenvalue weighted by Crippen LogP contribution is 2.23. The van der Waals surface area contributed by atoms with Crippen molar-refractivity contribution in [2.24, 2.45) is 4.99 Å². The fourth-order valence-electron chi connectivity index (χ4n) is 2.62. The van der Waals surface area contributed by atoms with E-state index in [4.69, 9.17) is 5.73 Å². The highest BCUT2D eigenvalue weighted by atomic mass is 15.1. The Bertz CT molecular complexity index is 908. The zero-order chi connectivity index (χ0) is 17.6. The van der Waals surface area contributed by atoms with Crippen LogP contribution in [0.4, 0.5) is 11.8 Å². The quantitative estimate of drug-likeness (QED) is 0.676. The maximum Gasteiger partial charge on any atom is 0.222 e. The van der Waals surface area contributed by atoms with Crippen LogP contribution in [0.5, 0.6) is 0 Å². The first-order valence-electron chi connectivity index (χ1n) is 8.22. The molecule has 0 aliphatic carbocycles. The van der Waals surface area contributed by atoms with E-state index in [1.54, 1.807) is 6.20 Å². The topological polar surface area (TPSA) is 81.1 Å². The monoisotopic (exact) mass is 334 g/mol. The molecule has 0 aliphatic rings. The predicted octanol–water partition coefficient (Wildman–Crippen LogP) is 3.47. The first-order valence-corrected chi connectivity index (χ1v) is 8.22. The minimum atomic E-state index is 0.260. The van der Waals surface area contributed by atoms with Gasteiger partial charge in [0, 0.05) is 24.7 Å². The summed E-state index contributed by atoms with van der Waals surface area (Å²) in [5, 5.41) is 3.33. The van der Waals surface area contributed by atoms with Gasteiger partial charge in [-0.3, -0.25) is 4.99 Å². The third-order valence-electron chi connectivity index (χ3n) is 3.78. The number of aliphatic imine (C=N–C) groups is 1. The lowest BCUT2D eigenvalue weighted by molar-refractivity contribution is 0.835. The average molecular weight is 334 g/mol. The van der Waals surface area contributed by atoms with Crippen LogP contribution in [0.2, 0.25) is 0 Å². The van der Waals surface area contributed by atoms with E-state index in [9.17, 15) is 0 Å². The van der Waals surface area contributed by atoms with E-state index in [1.165, 1.54) is 5.56 Å². The molecule has 0 saturated carbocycles. The summed E-state index contributed by atoms with van der Waals surface area (Å²) in [5.74, 6) is 0.981. The minimum absolute atomic E-state index is 0.260. The van der Waals surface area contributed by atoms with Crippen LogP contribution in [0.15, 0.2) is 59.9 Å². The Kier molecular flexibility index (Phi) is 5.09. The van der Waals surface area contributed by atoms with Crippen molar-refractivity contribution in [3.8, 4) is 0 Å². The Labute approximate surface area is 147 Å². The predicted molar refractivity (Wildman–Crippen MR) is 104 cm³/mol. The van der Waals surface area contributed by atoms with E-state index in [0.29, 0.717) is 6.54 Å². The largest absolute Gasteiger partial charge is 0.368 e. The lowest BCUT2D eigenvalue weighted by atomic mass is 10.2. The minimum Gasteiger partial charge on any atom is -0.368 e. The van der Waals surface area contributed by atoms with E-state index in [-0.39, 0.29) is 5.95 Å². The molecule has 6 heteroatoms. The van der Waals surface area contributed by atoms with Crippen LogP contribution < -0.4 is 11.1 Å². The number of nitrogens with zero attached hydrogens (tertiary/aromatic N) is 4. The molecule has 3 rings (SSSR count). The number of aromatic nitrogens is 3. The molecule has 3 N–H and O–H groups in total. The maximum atomic E-state index is 5.86. The van der Waals surface area contributed by atoms with Crippen LogP contribution >= 0.6 is 0 Å². The van der Waals surface area contributed by atoms with Gasteiger partial charge >= 0.3 is 0 Å². The summed E-state index contributed by atoms with van der Waals surface area (Å²) in [5.41, 5.74) is 9.81. The number of nitrogens with one attached hydrogen (secondary N) is 1. The number of nitrogen functional groups attached to an aromatic ring is 1. The smallest absolute Gasteiger partial charge is 0.222 e. The van der Waals surface area contributed by atoms with Gasteiger partial charge < -0.3 is 15.6 Å². The van der Waals surface area contributed by atoms with Crippen molar-refractivity contribution in [2.75, 3.05) is 17.6 Å². The van der Waals surface area contributed by atoms with Crippen molar-refractivity contribution in [1.82, 2.24) is 14.5 Å². The molecule has 0 unspecified atom stereocenters. The molecule has 2 heterocycles. The summed E-state index contributed by atoms with van der Waals surface area (Å²) >= 11 is 0. The molecule has 3 aromatic rings. The molecule has 0 spiro atoms. The zero-order valence-corrected chi connectivity index (χ0v) is 14.5. The number of anilines is 2. The van der Waals surface area contributed by atoms with Gasteiger partial charge in [-0.05, 0) is 25.5 Å². The molecule has 0 aliphatic heterocycles. The Morgan fingerprint density at radius 3 is 2.80 bits per heavy atom. The normalized spacial score (nSPS) is 12.2. The molecule has 0 amide bonds. The van der Waals surface area contributed by atoms with Gasteiger partial charge in [0.1, 0.15) is 5.52 Å². The fraction of sp³-hybridized carbons (Fsp3) is 0.211. The molecule has 0 radical (unpaired) electrons. The van der Waals surface area contributed by atoms with Crippen LogP contribution in [0.1, 0.15) is 19.4 Å². The molecule has 0 atom stereocenters. The van der Waals surface area contributed by atoms with Gasteiger partial charge in [0.2, 0.25) is 5.95 Å². The summed E-state index contributed by atoms with van der Waals surface area (Å²) in [4.78, 5) is 13.1. The van der Waals surface area contributed by atoms with Gasteiger partial charge in [-0.15, -0.1) is 0 Å². The number of rotatable bonds is 6. The standard InChI is InChI=1S/C19H22N6/c1-3-10-21-14(2)12-22-18-17-16(23-19(20)24-18)9-11-25(17)13-15-7-5-4-6-8-15/h3-11H,12-13H2,1-2H3,(H3,20,22,23,24)/b10-3-,21-14+. The van der Waals surface area contributed by atoms with Crippen LogP contribution in [0.3, 0.4) is 0 Å². The van der Waals surface area contributed by atoms with Crippen molar-refractivity contribution in [3.63, 3.8) is 0 Å². The molecule has 0 fully saturated rings. The lowest BCUT2D eigenvalue weighted by Crippen LogP contribution is -2.14. The summed E-state index contributed by atoms with van der Waals surface area (Å²) in [6, 6.07) is 12.3. The summed E-state index contributed by atoms with van der Waals surface area (Å²) in [6.07, 6.45) is 5.69. The zero-order valence-electron chi connectivity index (χ0n) is 14.5. The highest BCUT2D eigenvalue weighted by Gasteiger charge is 2.11. The van der Waals surface area contributed by atoms with Crippen molar-refractivity contribution >= 4 is 28.5 Å². The van der Waals surface area contributed by atoms with Crippen LogP contribution in [-0.4, -0.2) is 26.8 Å². The third kappa shape index (κ3) is 4.03. The van der Waals surface area contributed by atoms with Crippen molar-refractivity contribution in [1.29, 1.82) is 0 Å². The number of hydrogen-bond acceptors (Lipinski definition) is 5. The van der Waals surface area contributed by atoms with E-state index in [0.717, 1.165) is 29.1 Å². The Morgan fingerprint density at radius 1 is 1.24 bits per heavy atom. The summed E-state index contributed by atoms with van der Waals surface area (Å²) < 4.78 is 2.13. The van der Waals surface area contributed by atoms with Gasteiger partial charge in [-0.25, -0.2) is 4.98 Å². The van der Waals surface area contributed by atoms with Crippen molar-refractivity contribution in [3.05, 3.63) is 60.4 Å². The SMILES string of the molecule is C/C=C\N=C(/C)CNc1nc(N)nc2ccn(Cc3ccccc3)c12.